The second kappa shape index (κ2) is 5.30. The summed E-state index contributed by atoms with van der Waals surface area (Å²) in [6.45, 7) is 1.83. The van der Waals surface area contributed by atoms with Crippen molar-refractivity contribution in [2.75, 3.05) is 11.4 Å². The van der Waals surface area contributed by atoms with Crippen LogP contribution in [0.2, 0.25) is 5.02 Å². The lowest BCUT2D eigenvalue weighted by atomic mass is 10.2. The number of sulfonamides is 1. The Morgan fingerprint density at radius 2 is 1.95 bits per heavy atom. The van der Waals surface area contributed by atoms with Crippen LogP contribution in [0.15, 0.2) is 47.6 Å². The van der Waals surface area contributed by atoms with Gasteiger partial charge in [0.15, 0.2) is 0 Å². The number of H-pyrrole nitrogens is 1. The van der Waals surface area contributed by atoms with Crippen LogP contribution in [0.25, 0.3) is 11.0 Å². The van der Waals surface area contributed by atoms with Gasteiger partial charge in [-0.05, 0) is 42.8 Å². The molecular weight excluding hydrogens is 322 g/mol. The Hall–Kier alpha value is -2.05. The van der Waals surface area contributed by atoms with Crippen molar-refractivity contribution in [3.63, 3.8) is 0 Å². The first kappa shape index (κ1) is 14.9. The Morgan fingerprint density at radius 3 is 2.68 bits per heavy atom. The highest BCUT2D eigenvalue weighted by Gasteiger charge is 2.22. The zero-order chi connectivity index (χ0) is 15.9. The topological polar surface area (TPSA) is 66.1 Å². The van der Waals surface area contributed by atoms with Gasteiger partial charge in [0.25, 0.3) is 10.0 Å². The highest BCUT2D eigenvalue weighted by atomic mass is 35.5. The highest BCUT2D eigenvalue weighted by Crippen LogP contribution is 2.27. The lowest BCUT2D eigenvalue weighted by molar-refractivity contribution is 0.594. The van der Waals surface area contributed by atoms with Gasteiger partial charge in [-0.2, -0.15) is 0 Å². The average Bonchev–Trinajstić information content (AvgIpc) is 2.96. The van der Waals surface area contributed by atoms with E-state index in [4.69, 9.17) is 11.6 Å². The van der Waals surface area contributed by atoms with Gasteiger partial charge >= 0.3 is 0 Å². The number of aromatic amines is 1. The summed E-state index contributed by atoms with van der Waals surface area (Å²) >= 11 is 6.04. The van der Waals surface area contributed by atoms with Crippen LogP contribution in [-0.4, -0.2) is 25.4 Å². The van der Waals surface area contributed by atoms with Crippen LogP contribution in [0.1, 0.15) is 5.56 Å². The minimum atomic E-state index is -3.67. The Bertz CT molecular complexity index is 950. The molecule has 7 heteroatoms. The fraction of sp³-hybridized carbons (Fsp3) is 0.133. The van der Waals surface area contributed by atoms with E-state index < -0.39 is 10.0 Å². The van der Waals surface area contributed by atoms with Crippen molar-refractivity contribution in [3.8, 4) is 0 Å². The number of hydrogen-bond donors (Lipinski definition) is 1. The van der Waals surface area contributed by atoms with Gasteiger partial charge < -0.3 is 4.98 Å². The number of fused-ring (bicyclic) bond motifs is 1. The van der Waals surface area contributed by atoms with Crippen molar-refractivity contribution < 1.29 is 8.42 Å². The first-order valence-corrected chi connectivity index (χ1v) is 8.39. The largest absolute Gasteiger partial charge is 0.345 e. The summed E-state index contributed by atoms with van der Waals surface area (Å²) in [6.07, 6.45) is 1.57. The number of nitrogens with one attached hydrogen (secondary N) is 1. The summed E-state index contributed by atoms with van der Waals surface area (Å²) in [6, 6.07) is 9.96. The zero-order valence-electron chi connectivity index (χ0n) is 12.0. The maximum absolute atomic E-state index is 12.7. The monoisotopic (exact) mass is 335 g/mol. The SMILES string of the molecule is Cc1ccc(S(=O)(=O)N(C)c2ccc3nc[nH]c3c2)cc1Cl. The number of imidazole rings is 1. The van der Waals surface area contributed by atoms with E-state index in [1.54, 1.807) is 36.7 Å². The molecule has 1 N–H and O–H groups in total. The molecule has 0 radical (unpaired) electrons. The fourth-order valence-electron chi connectivity index (χ4n) is 2.15. The van der Waals surface area contributed by atoms with E-state index in [0.29, 0.717) is 10.7 Å². The summed E-state index contributed by atoms with van der Waals surface area (Å²) in [5, 5.41) is 0.429. The van der Waals surface area contributed by atoms with E-state index in [1.165, 1.54) is 17.4 Å². The van der Waals surface area contributed by atoms with Crippen LogP contribution in [0.3, 0.4) is 0 Å². The Balaban J connectivity index is 2.05. The van der Waals surface area contributed by atoms with Gasteiger partial charge in [-0.25, -0.2) is 13.4 Å². The molecule has 3 aromatic rings. The number of nitrogens with zero attached hydrogens (tertiary/aromatic N) is 2. The van der Waals surface area contributed by atoms with E-state index in [2.05, 4.69) is 9.97 Å². The summed E-state index contributed by atoms with van der Waals surface area (Å²) in [7, 11) is -2.15. The van der Waals surface area contributed by atoms with Gasteiger partial charge in [0.1, 0.15) is 0 Å². The molecular formula is C15H14ClN3O2S. The van der Waals surface area contributed by atoms with Crippen LogP contribution in [0, 0.1) is 6.92 Å². The van der Waals surface area contributed by atoms with Gasteiger partial charge in [-0.15, -0.1) is 0 Å². The third-order valence-corrected chi connectivity index (χ3v) is 5.76. The van der Waals surface area contributed by atoms with Crippen LogP contribution < -0.4 is 4.31 Å². The second-order valence-electron chi connectivity index (χ2n) is 4.99. The quantitative estimate of drug-likeness (QED) is 0.798. The molecule has 5 nitrogen and oxygen atoms in total. The molecule has 0 saturated carbocycles. The third kappa shape index (κ3) is 2.44. The van der Waals surface area contributed by atoms with E-state index in [1.807, 2.05) is 6.92 Å². The Kier molecular flexibility index (Phi) is 3.58. The molecule has 0 aliphatic rings. The lowest BCUT2D eigenvalue weighted by Crippen LogP contribution is -2.26. The molecule has 0 aliphatic heterocycles. The summed E-state index contributed by atoms with van der Waals surface area (Å²) in [5.74, 6) is 0. The normalized spacial score (nSPS) is 11.8. The highest BCUT2D eigenvalue weighted by molar-refractivity contribution is 7.92. The zero-order valence-corrected chi connectivity index (χ0v) is 13.6. The van der Waals surface area contributed by atoms with Crippen molar-refractivity contribution in [3.05, 3.63) is 53.3 Å². The van der Waals surface area contributed by atoms with Gasteiger partial charge in [0.2, 0.25) is 0 Å². The molecule has 0 spiro atoms. The van der Waals surface area contributed by atoms with Crippen LogP contribution in [0.4, 0.5) is 5.69 Å². The van der Waals surface area contributed by atoms with E-state index in [0.717, 1.165) is 16.6 Å². The van der Waals surface area contributed by atoms with Crippen molar-refractivity contribution >= 4 is 38.3 Å². The van der Waals surface area contributed by atoms with E-state index in [9.17, 15) is 8.42 Å². The molecule has 3 rings (SSSR count). The predicted octanol–water partition coefficient (Wildman–Crippen LogP) is 3.35. The fourth-order valence-corrected chi connectivity index (χ4v) is 3.61. The number of rotatable bonds is 3. The maximum atomic E-state index is 12.7. The van der Waals surface area contributed by atoms with Gasteiger partial charge in [-0.1, -0.05) is 17.7 Å². The number of aryl methyl sites for hydroxylation is 1. The minimum Gasteiger partial charge on any atom is -0.345 e. The van der Waals surface area contributed by atoms with Crippen LogP contribution in [-0.2, 0) is 10.0 Å². The molecule has 0 saturated heterocycles. The van der Waals surface area contributed by atoms with E-state index in [-0.39, 0.29) is 4.90 Å². The summed E-state index contributed by atoms with van der Waals surface area (Å²) < 4.78 is 26.7. The average molecular weight is 336 g/mol. The minimum absolute atomic E-state index is 0.162. The predicted molar refractivity (Wildman–Crippen MR) is 87.9 cm³/mol. The first-order valence-electron chi connectivity index (χ1n) is 6.58. The molecule has 0 aliphatic carbocycles. The van der Waals surface area contributed by atoms with Gasteiger partial charge in [0.05, 0.1) is 27.9 Å². The second-order valence-corrected chi connectivity index (χ2v) is 7.36. The molecule has 0 amide bonds. The van der Waals surface area contributed by atoms with Gasteiger partial charge in [-0.3, -0.25) is 4.31 Å². The molecule has 0 fully saturated rings. The molecule has 0 unspecified atom stereocenters. The van der Waals surface area contributed by atoms with Crippen molar-refractivity contribution in [2.45, 2.75) is 11.8 Å². The first-order chi connectivity index (χ1) is 10.4. The lowest BCUT2D eigenvalue weighted by Gasteiger charge is -2.20. The number of aromatic nitrogens is 2. The number of hydrogen-bond acceptors (Lipinski definition) is 3. The van der Waals surface area contributed by atoms with Crippen LogP contribution >= 0.6 is 11.6 Å². The molecule has 22 heavy (non-hydrogen) atoms. The molecule has 0 atom stereocenters. The molecule has 2 aromatic carbocycles. The molecule has 1 heterocycles. The number of anilines is 1. The molecule has 1 aromatic heterocycles. The van der Waals surface area contributed by atoms with Crippen molar-refractivity contribution in [2.24, 2.45) is 0 Å². The Morgan fingerprint density at radius 1 is 1.18 bits per heavy atom. The Labute approximate surface area is 133 Å². The van der Waals surface area contributed by atoms with Gasteiger partial charge in [0, 0.05) is 12.1 Å². The number of benzene rings is 2. The van der Waals surface area contributed by atoms with Crippen molar-refractivity contribution in [1.82, 2.24) is 9.97 Å². The van der Waals surface area contributed by atoms with E-state index >= 15 is 0 Å². The summed E-state index contributed by atoms with van der Waals surface area (Å²) in [4.78, 5) is 7.25. The summed E-state index contributed by atoms with van der Waals surface area (Å²) in [5.41, 5.74) is 2.95. The third-order valence-electron chi connectivity index (χ3n) is 3.57. The number of halogens is 1. The van der Waals surface area contributed by atoms with Crippen molar-refractivity contribution in [1.29, 1.82) is 0 Å². The maximum Gasteiger partial charge on any atom is 0.264 e. The molecule has 114 valence electrons. The standard InChI is InChI=1S/C15H14ClN3O2S/c1-10-3-5-12(8-13(10)16)22(20,21)19(2)11-4-6-14-15(7-11)18-9-17-14/h3-9H,1-2H3,(H,17,18). The van der Waals surface area contributed by atoms with Crippen LogP contribution in [0.5, 0.6) is 0 Å². The smallest absolute Gasteiger partial charge is 0.264 e. The molecule has 0 bridgehead atoms.